The number of aliphatic hydroxyl groups excluding tert-OH is 1. The molecule has 30 heavy (non-hydrogen) atoms. The van der Waals surface area contributed by atoms with Crippen molar-refractivity contribution in [1.82, 2.24) is 0 Å². The number of nitrogens with zero attached hydrogens (tertiary/aromatic N) is 1. The van der Waals surface area contributed by atoms with Crippen LogP contribution < -0.4 is 15.0 Å². The number of methoxy groups -OCH3 is 2. The van der Waals surface area contributed by atoms with Crippen LogP contribution in [0.25, 0.3) is 10.8 Å². The summed E-state index contributed by atoms with van der Waals surface area (Å²) in [5.41, 5.74) is 2.80. The fourth-order valence-electron chi connectivity index (χ4n) is 3.47. The Bertz CT molecular complexity index is 897. The van der Waals surface area contributed by atoms with Gasteiger partial charge in [-0.05, 0) is 36.2 Å². The second-order valence-electron chi connectivity index (χ2n) is 7.49. The minimum atomic E-state index is -0.493. The van der Waals surface area contributed by atoms with Gasteiger partial charge in [-0.1, -0.05) is 19.9 Å². The van der Waals surface area contributed by atoms with Crippen LogP contribution in [0.1, 0.15) is 38.4 Å². The molecule has 0 aromatic heterocycles. The first-order valence-corrected chi connectivity index (χ1v) is 9.71. The highest BCUT2D eigenvalue weighted by molar-refractivity contribution is 6.08. The zero-order valence-electron chi connectivity index (χ0n) is 17.9. The summed E-state index contributed by atoms with van der Waals surface area (Å²) in [7, 11) is 3.01. The molecule has 0 spiro atoms. The van der Waals surface area contributed by atoms with Crippen molar-refractivity contribution in [2.45, 2.75) is 32.8 Å². The number of nitroso groups, excluding NO2 is 1. The number of benzene rings is 2. The molecule has 0 fully saturated rings. The Morgan fingerprint density at radius 2 is 1.97 bits per heavy atom. The average Bonchev–Trinajstić information content (AvgIpc) is 2.77. The molecule has 0 aliphatic heterocycles. The maximum Gasteiger partial charge on any atom is 0.135 e. The lowest BCUT2D eigenvalue weighted by molar-refractivity contribution is -0.0114. The van der Waals surface area contributed by atoms with Gasteiger partial charge in [-0.15, -0.1) is 11.5 Å². The minimum absolute atomic E-state index is 0.0945. The van der Waals surface area contributed by atoms with Crippen molar-refractivity contribution in [2.75, 3.05) is 32.9 Å². The zero-order valence-corrected chi connectivity index (χ0v) is 17.9. The standard InChI is InChI=1S/C22H30N2O6/c1-6-22(2,3)21(30-12-8-7-11-25)14-13-17(28-4)18-15(23-26)9-10-16(24-27)19(18)20(14)29-5/h6,9-10,13,21,23,25-26H,1,7-8,11-12H2,2-5H3. The molecule has 2 rings (SSSR count). The number of ether oxygens (including phenoxy) is 3. The molecule has 0 bridgehead atoms. The molecular formula is C22H30N2O6. The van der Waals surface area contributed by atoms with Crippen molar-refractivity contribution >= 4 is 22.1 Å². The smallest absolute Gasteiger partial charge is 0.135 e. The Morgan fingerprint density at radius 1 is 1.23 bits per heavy atom. The Kier molecular flexibility index (Phi) is 8.16. The quantitative estimate of drug-likeness (QED) is 0.190. The van der Waals surface area contributed by atoms with Gasteiger partial charge in [-0.25, -0.2) is 0 Å². The van der Waals surface area contributed by atoms with Crippen LogP contribution in [0.3, 0.4) is 0 Å². The summed E-state index contributed by atoms with van der Waals surface area (Å²) in [5.74, 6) is 0.825. The summed E-state index contributed by atoms with van der Waals surface area (Å²) in [6.45, 7) is 8.42. The largest absolute Gasteiger partial charge is 0.496 e. The number of fused-ring (bicyclic) bond motifs is 1. The van der Waals surface area contributed by atoms with Crippen LogP contribution in [0.2, 0.25) is 0 Å². The third kappa shape index (κ3) is 4.56. The van der Waals surface area contributed by atoms with Crippen LogP contribution in [-0.4, -0.2) is 37.7 Å². The van der Waals surface area contributed by atoms with Gasteiger partial charge in [0.15, 0.2) is 0 Å². The molecule has 0 radical (unpaired) electrons. The van der Waals surface area contributed by atoms with E-state index in [-0.39, 0.29) is 12.3 Å². The van der Waals surface area contributed by atoms with E-state index in [0.717, 1.165) is 0 Å². The number of unbranched alkanes of at least 4 members (excludes halogenated alkanes) is 1. The monoisotopic (exact) mass is 418 g/mol. The molecule has 3 N–H and O–H groups in total. The van der Waals surface area contributed by atoms with E-state index in [9.17, 15) is 10.1 Å². The SMILES string of the molecule is C=CC(C)(C)C(OCCCCO)c1cc(OC)c2c(NO)ccc(N=O)c2c1OC. The first kappa shape index (κ1) is 23.6. The van der Waals surface area contributed by atoms with Crippen LogP contribution in [0, 0.1) is 10.3 Å². The van der Waals surface area contributed by atoms with Crippen molar-refractivity contribution in [2.24, 2.45) is 10.6 Å². The van der Waals surface area contributed by atoms with Crippen molar-refractivity contribution in [3.63, 3.8) is 0 Å². The maximum atomic E-state index is 11.6. The summed E-state index contributed by atoms with van der Waals surface area (Å²) in [4.78, 5) is 11.6. The number of aliphatic hydroxyl groups is 1. The number of anilines is 1. The van der Waals surface area contributed by atoms with E-state index in [4.69, 9.17) is 19.3 Å². The van der Waals surface area contributed by atoms with E-state index in [1.165, 1.54) is 26.4 Å². The second kappa shape index (κ2) is 10.4. The summed E-state index contributed by atoms with van der Waals surface area (Å²) in [6.07, 6.45) is 2.63. The highest BCUT2D eigenvalue weighted by Crippen LogP contribution is 2.50. The fourth-order valence-corrected chi connectivity index (χ4v) is 3.47. The molecule has 2 aromatic rings. The summed E-state index contributed by atoms with van der Waals surface area (Å²) in [6, 6.07) is 4.81. The van der Waals surface area contributed by atoms with Gasteiger partial charge in [-0.2, -0.15) is 0 Å². The molecule has 1 atom stereocenters. The molecule has 0 amide bonds. The van der Waals surface area contributed by atoms with Crippen LogP contribution in [0.5, 0.6) is 11.5 Å². The Labute approximate surface area is 176 Å². The summed E-state index contributed by atoms with van der Waals surface area (Å²) < 4.78 is 17.5. The predicted molar refractivity (Wildman–Crippen MR) is 117 cm³/mol. The van der Waals surface area contributed by atoms with Gasteiger partial charge in [0.1, 0.15) is 17.2 Å². The molecule has 8 nitrogen and oxygen atoms in total. The lowest BCUT2D eigenvalue weighted by Gasteiger charge is -2.33. The summed E-state index contributed by atoms with van der Waals surface area (Å²) in [5, 5.41) is 22.7. The van der Waals surface area contributed by atoms with E-state index in [1.54, 1.807) is 12.1 Å². The number of rotatable bonds is 12. The topological polar surface area (TPSA) is 110 Å². The van der Waals surface area contributed by atoms with Gasteiger partial charge in [0.2, 0.25) is 0 Å². The molecular weight excluding hydrogens is 388 g/mol. The first-order valence-electron chi connectivity index (χ1n) is 9.71. The van der Waals surface area contributed by atoms with Crippen molar-refractivity contribution < 1.29 is 24.5 Å². The van der Waals surface area contributed by atoms with Gasteiger partial charge in [-0.3, -0.25) is 10.7 Å². The Morgan fingerprint density at radius 3 is 2.50 bits per heavy atom. The second-order valence-corrected chi connectivity index (χ2v) is 7.49. The third-order valence-electron chi connectivity index (χ3n) is 5.17. The molecule has 164 valence electrons. The third-order valence-corrected chi connectivity index (χ3v) is 5.17. The molecule has 8 heteroatoms. The number of hydrogen-bond acceptors (Lipinski definition) is 8. The molecule has 0 saturated heterocycles. The lowest BCUT2D eigenvalue weighted by Crippen LogP contribution is -2.24. The molecule has 0 aliphatic carbocycles. The zero-order chi connectivity index (χ0) is 22.3. The van der Waals surface area contributed by atoms with Crippen LogP contribution in [0.4, 0.5) is 11.4 Å². The van der Waals surface area contributed by atoms with E-state index in [2.05, 4.69) is 17.2 Å². The lowest BCUT2D eigenvalue weighted by atomic mass is 9.81. The molecule has 0 aliphatic rings. The van der Waals surface area contributed by atoms with E-state index < -0.39 is 11.5 Å². The van der Waals surface area contributed by atoms with Crippen molar-refractivity contribution in [1.29, 1.82) is 0 Å². The van der Waals surface area contributed by atoms with Gasteiger partial charge in [0.25, 0.3) is 0 Å². The van der Waals surface area contributed by atoms with Crippen molar-refractivity contribution in [3.05, 3.63) is 41.3 Å². The van der Waals surface area contributed by atoms with E-state index in [1.807, 2.05) is 13.8 Å². The predicted octanol–water partition coefficient (Wildman–Crippen LogP) is 5.10. The van der Waals surface area contributed by atoms with Gasteiger partial charge >= 0.3 is 0 Å². The van der Waals surface area contributed by atoms with Crippen LogP contribution >= 0.6 is 0 Å². The highest BCUT2D eigenvalue weighted by Gasteiger charge is 2.34. The number of nitrogens with one attached hydrogen (secondary N) is 1. The molecule has 2 aromatic carbocycles. The van der Waals surface area contributed by atoms with E-state index >= 15 is 0 Å². The van der Waals surface area contributed by atoms with Gasteiger partial charge < -0.3 is 19.3 Å². The number of hydrogen-bond donors (Lipinski definition) is 3. The minimum Gasteiger partial charge on any atom is -0.496 e. The highest BCUT2D eigenvalue weighted by atomic mass is 16.5. The fraction of sp³-hybridized carbons (Fsp3) is 0.455. The van der Waals surface area contributed by atoms with Crippen molar-refractivity contribution in [3.8, 4) is 11.5 Å². The van der Waals surface area contributed by atoms with E-state index in [0.29, 0.717) is 53.0 Å². The van der Waals surface area contributed by atoms with Crippen LogP contribution in [-0.2, 0) is 4.74 Å². The Hall–Kier alpha value is -2.68. The molecule has 1 unspecified atom stereocenters. The van der Waals surface area contributed by atoms with Gasteiger partial charge in [0.05, 0.1) is 36.8 Å². The summed E-state index contributed by atoms with van der Waals surface area (Å²) >= 11 is 0. The van der Waals surface area contributed by atoms with Gasteiger partial charge in [0, 0.05) is 24.2 Å². The normalized spacial score (nSPS) is 12.5. The first-order chi connectivity index (χ1) is 14.4. The Balaban J connectivity index is 2.82. The molecule has 0 saturated carbocycles. The maximum absolute atomic E-state index is 11.6. The van der Waals surface area contributed by atoms with Crippen LogP contribution in [0.15, 0.2) is 36.0 Å². The average molecular weight is 418 g/mol. The molecule has 0 heterocycles.